The first kappa shape index (κ1) is 20.4. The molecule has 4 aromatic heterocycles. The lowest BCUT2D eigenvalue weighted by molar-refractivity contribution is 0.0525. The number of carbonyl (C=O) groups excluding carboxylic acids is 2. The number of hydrogen-bond acceptors (Lipinski definition) is 8. The van der Waals surface area contributed by atoms with E-state index in [0.717, 1.165) is 28.6 Å². The molecular weight excluding hydrogens is 469 g/mol. The maximum Gasteiger partial charge on any atom is 0.338 e. The highest BCUT2D eigenvalue weighted by Gasteiger charge is 2.24. The van der Waals surface area contributed by atoms with Crippen molar-refractivity contribution in [3.05, 3.63) is 58.3 Å². The van der Waals surface area contributed by atoms with Gasteiger partial charge >= 0.3 is 11.9 Å². The summed E-state index contributed by atoms with van der Waals surface area (Å²) in [5.41, 5.74) is 2.27. The van der Waals surface area contributed by atoms with Gasteiger partial charge in [0.15, 0.2) is 0 Å². The van der Waals surface area contributed by atoms with Gasteiger partial charge in [0.1, 0.15) is 0 Å². The minimum absolute atomic E-state index is 0.278. The standard InChI is InChI=1S/C23H16O4S4/c1-3-27-23(25)15-9-12(18-10-20-16(30-18)4-6-28-20)14(22(24)26-2)8-13(15)19-11-21-17(31-19)5-7-29-21/h4-11H,3H2,1-2H3. The second-order valence-corrected chi connectivity index (χ2v) is 10.7. The Hall–Kier alpha value is -2.52. The highest BCUT2D eigenvalue weighted by atomic mass is 32.1. The zero-order chi connectivity index (χ0) is 21.5. The van der Waals surface area contributed by atoms with Crippen molar-refractivity contribution in [2.45, 2.75) is 6.92 Å². The number of benzene rings is 1. The van der Waals surface area contributed by atoms with Gasteiger partial charge in [0, 0.05) is 39.7 Å². The third-order valence-electron chi connectivity index (χ3n) is 4.87. The molecule has 0 unspecified atom stereocenters. The average molecular weight is 485 g/mol. The van der Waals surface area contributed by atoms with Crippen LogP contribution in [-0.4, -0.2) is 25.7 Å². The number of thiophene rings is 4. The molecule has 5 rings (SSSR count). The minimum atomic E-state index is -0.429. The molecule has 0 aliphatic carbocycles. The van der Waals surface area contributed by atoms with Gasteiger partial charge in [0.2, 0.25) is 0 Å². The molecule has 31 heavy (non-hydrogen) atoms. The molecule has 0 aliphatic rings. The fourth-order valence-corrected chi connectivity index (χ4v) is 7.74. The van der Waals surface area contributed by atoms with Crippen molar-refractivity contribution in [1.82, 2.24) is 0 Å². The summed E-state index contributed by atoms with van der Waals surface area (Å²) >= 11 is 6.49. The van der Waals surface area contributed by atoms with Crippen LogP contribution in [0.5, 0.6) is 0 Å². The van der Waals surface area contributed by atoms with Gasteiger partial charge in [-0.2, -0.15) is 0 Å². The van der Waals surface area contributed by atoms with Crippen LogP contribution in [0.3, 0.4) is 0 Å². The number of fused-ring (bicyclic) bond motifs is 2. The van der Waals surface area contributed by atoms with Gasteiger partial charge in [-0.3, -0.25) is 0 Å². The topological polar surface area (TPSA) is 52.6 Å². The molecule has 0 fully saturated rings. The van der Waals surface area contributed by atoms with Crippen molar-refractivity contribution < 1.29 is 19.1 Å². The molecule has 0 saturated heterocycles. The van der Waals surface area contributed by atoms with E-state index in [4.69, 9.17) is 9.47 Å². The summed E-state index contributed by atoms with van der Waals surface area (Å²) in [7, 11) is 1.37. The van der Waals surface area contributed by atoms with Crippen molar-refractivity contribution in [3.8, 4) is 20.9 Å². The molecule has 0 amide bonds. The fraction of sp³-hybridized carbons (Fsp3) is 0.130. The Morgan fingerprint density at radius 1 is 0.774 bits per heavy atom. The Balaban J connectivity index is 1.77. The monoisotopic (exact) mass is 484 g/mol. The normalized spacial score (nSPS) is 11.3. The summed E-state index contributed by atoms with van der Waals surface area (Å²) in [5.74, 6) is -0.827. The number of rotatable bonds is 5. The highest BCUT2D eigenvalue weighted by Crippen LogP contribution is 2.43. The molecule has 156 valence electrons. The Kier molecular flexibility index (Phi) is 5.39. The summed E-state index contributed by atoms with van der Waals surface area (Å²) in [6.45, 7) is 2.07. The summed E-state index contributed by atoms with van der Waals surface area (Å²) in [6.07, 6.45) is 0. The largest absolute Gasteiger partial charge is 0.465 e. The number of esters is 2. The molecule has 0 saturated carbocycles. The van der Waals surface area contributed by atoms with Crippen LogP contribution in [0.2, 0.25) is 0 Å². The van der Waals surface area contributed by atoms with Crippen molar-refractivity contribution in [2.24, 2.45) is 0 Å². The summed E-state index contributed by atoms with van der Waals surface area (Å²) in [6, 6.07) is 11.8. The van der Waals surface area contributed by atoms with Crippen molar-refractivity contribution in [2.75, 3.05) is 13.7 Å². The van der Waals surface area contributed by atoms with Crippen LogP contribution in [0, 0.1) is 0 Å². The van der Waals surface area contributed by atoms with Gasteiger partial charge in [-0.15, -0.1) is 45.3 Å². The molecule has 5 aromatic rings. The quantitative estimate of drug-likeness (QED) is 0.242. The number of ether oxygens (including phenoxy) is 2. The molecule has 0 bridgehead atoms. The summed E-state index contributed by atoms with van der Waals surface area (Å²) < 4.78 is 15.1. The number of carbonyl (C=O) groups is 2. The molecular formula is C23H16O4S4. The Labute approximate surface area is 194 Å². The molecule has 0 radical (unpaired) electrons. The first-order valence-corrected chi connectivity index (χ1v) is 12.9. The van der Waals surface area contributed by atoms with E-state index in [9.17, 15) is 9.59 Å². The Morgan fingerprint density at radius 2 is 1.29 bits per heavy atom. The zero-order valence-corrected chi connectivity index (χ0v) is 19.9. The first-order chi connectivity index (χ1) is 15.1. The highest BCUT2D eigenvalue weighted by molar-refractivity contribution is 7.29. The van der Waals surface area contributed by atoms with Gasteiger partial charge in [-0.05, 0) is 54.1 Å². The average Bonchev–Trinajstić information content (AvgIpc) is 3.52. The van der Waals surface area contributed by atoms with Crippen LogP contribution >= 0.6 is 45.3 Å². The summed E-state index contributed by atoms with van der Waals surface area (Å²) in [5, 5.41) is 4.09. The van der Waals surface area contributed by atoms with Crippen LogP contribution in [0.25, 0.3) is 39.7 Å². The maximum absolute atomic E-state index is 12.9. The SMILES string of the molecule is CCOC(=O)c1cc(-c2cc3sccc3s2)c(C(=O)OC)cc1-c1cc2sccc2s1. The molecule has 0 N–H and O–H groups in total. The van der Waals surface area contributed by atoms with Crippen molar-refractivity contribution >= 4 is 76.1 Å². The van der Waals surface area contributed by atoms with Crippen LogP contribution in [0.15, 0.2) is 47.2 Å². The van der Waals surface area contributed by atoms with Crippen LogP contribution in [0.1, 0.15) is 27.6 Å². The predicted octanol–water partition coefficient (Wildman–Crippen LogP) is 7.54. The molecule has 8 heteroatoms. The fourth-order valence-electron chi connectivity index (χ4n) is 3.46. The lowest BCUT2D eigenvalue weighted by Gasteiger charge is -2.13. The lowest BCUT2D eigenvalue weighted by Crippen LogP contribution is -2.10. The first-order valence-electron chi connectivity index (χ1n) is 9.47. The number of methoxy groups -OCH3 is 1. The summed E-state index contributed by atoms with van der Waals surface area (Å²) in [4.78, 5) is 27.5. The molecule has 0 atom stereocenters. The molecule has 0 aliphatic heterocycles. The van der Waals surface area contributed by atoms with Gasteiger partial charge in [0.05, 0.1) is 24.8 Å². The van der Waals surface area contributed by atoms with Gasteiger partial charge in [-0.1, -0.05) is 0 Å². The maximum atomic E-state index is 12.9. The third-order valence-corrected chi connectivity index (χ3v) is 9.12. The van der Waals surface area contributed by atoms with Gasteiger partial charge in [-0.25, -0.2) is 9.59 Å². The van der Waals surface area contributed by atoms with Crippen LogP contribution in [0.4, 0.5) is 0 Å². The van der Waals surface area contributed by atoms with E-state index in [2.05, 4.69) is 24.3 Å². The van der Waals surface area contributed by atoms with E-state index in [1.807, 2.05) is 10.8 Å². The zero-order valence-electron chi connectivity index (χ0n) is 16.6. The Morgan fingerprint density at radius 3 is 1.74 bits per heavy atom. The van der Waals surface area contributed by atoms with Crippen molar-refractivity contribution in [1.29, 1.82) is 0 Å². The van der Waals surface area contributed by atoms with E-state index in [1.54, 1.807) is 64.4 Å². The number of hydrogen-bond donors (Lipinski definition) is 0. The van der Waals surface area contributed by atoms with E-state index >= 15 is 0 Å². The van der Waals surface area contributed by atoms with Crippen LogP contribution < -0.4 is 0 Å². The predicted molar refractivity (Wildman–Crippen MR) is 131 cm³/mol. The molecule has 4 heterocycles. The second kappa shape index (κ2) is 8.20. The van der Waals surface area contributed by atoms with Gasteiger partial charge < -0.3 is 9.47 Å². The molecule has 4 nitrogen and oxygen atoms in total. The lowest BCUT2D eigenvalue weighted by atomic mass is 9.96. The molecule has 0 spiro atoms. The van der Waals surface area contributed by atoms with Gasteiger partial charge in [0.25, 0.3) is 0 Å². The molecule has 1 aromatic carbocycles. The van der Waals surface area contributed by atoms with E-state index < -0.39 is 11.9 Å². The smallest absolute Gasteiger partial charge is 0.338 e. The third kappa shape index (κ3) is 3.59. The minimum Gasteiger partial charge on any atom is -0.465 e. The van der Waals surface area contributed by atoms with E-state index in [1.165, 1.54) is 7.11 Å². The van der Waals surface area contributed by atoms with Crippen LogP contribution in [-0.2, 0) is 9.47 Å². The van der Waals surface area contributed by atoms with E-state index in [-0.39, 0.29) is 6.61 Å². The Bertz CT molecular complexity index is 1380. The van der Waals surface area contributed by atoms with E-state index in [0.29, 0.717) is 22.3 Å². The second-order valence-electron chi connectivity index (χ2n) is 6.67. The van der Waals surface area contributed by atoms with Crippen molar-refractivity contribution in [3.63, 3.8) is 0 Å².